The minimum atomic E-state index is -0.679. The van der Waals surface area contributed by atoms with E-state index in [0.717, 1.165) is 23.0 Å². The minimum Gasteiger partial charge on any atom is -0.481 e. The lowest BCUT2D eigenvalue weighted by Crippen LogP contribution is -2.24. The van der Waals surface area contributed by atoms with Crippen molar-refractivity contribution in [2.24, 2.45) is 11.8 Å². The van der Waals surface area contributed by atoms with Crippen LogP contribution in [0, 0.1) is 11.8 Å². The molecule has 0 radical (unpaired) electrons. The molecule has 1 aliphatic rings. The topological polar surface area (TPSA) is 50.2 Å². The first-order valence-electron chi connectivity index (χ1n) is 6.00. The number of nitrogens with zero attached hydrogens (tertiary/aromatic N) is 1. The van der Waals surface area contributed by atoms with Gasteiger partial charge < -0.3 is 5.11 Å². The summed E-state index contributed by atoms with van der Waals surface area (Å²) < 4.78 is 0.925. The van der Waals surface area contributed by atoms with E-state index >= 15 is 0 Å². The van der Waals surface area contributed by atoms with Crippen molar-refractivity contribution in [1.82, 2.24) is 4.98 Å². The fourth-order valence-electron chi connectivity index (χ4n) is 2.57. The summed E-state index contributed by atoms with van der Waals surface area (Å²) in [5, 5.41) is 9.31. The summed E-state index contributed by atoms with van der Waals surface area (Å²) in [7, 11) is 0. The Kier molecular flexibility index (Phi) is 4.15. The second kappa shape index (κ2) is 5.63. The lowest BCUT2D eigenvalue weighted by atomic mass is 9.87. The van der Waals surface area contributed by atoms with Gasteiger partial charge in [0.25, 0.3) is 0 Å². The van der Waals surface area contributed by atoms with Crippen LogP contribution in [0.2, 0.25) is 0 Å². The van der Waals surface area contributed by atoms with Crippen LogP contribution in [-0.4, -0.2) is 16.1 Å². The van der Waals surface area contributed by atoms with Crippen LogP contribution in [0.3, 0.4) is 0 Å². The second-order valence-corrected chi connectivity index (χ2v) is 5.58. The summed E-state index contributed by atoms with van der Waals surface area (Å²) >= 11 is 3.33. The van der Waals surface area contributed by atoms with Crippen LogP contribution in [0.25, 0.3) is 0 Å². The predicted molar refractivity (Wildman–Crippen MR) is 68.7 cm³/mol. The van der Waals surface area contributed by atoms with Crippen molar-refractivity contribution >= 4 is 21.9 Å². The Bertz CT molecular complexity index is 385. The number of aromatic nitrogens is 1. The second-order valence-electron chi connectivity index (χ2n) is 4.66. The van der Waals surface area contributed by atoms with Crippen molar-refractivity contribution in [3.05, 3.63) is 28.5 Å². The van der Waals surface area contributed by atoms with Crippen LogP contribution < -0.4 is 0 Å². The highest BCUT2D eigenvalue weighted by Gasteiger charge is 2.30. The molecule has 1 unspecified atom stereocenters. The monoisotopic (exact) mass is 297 g/mol. The van der Waals surface area contributed by atoms with Crippen molar-refractivity contribution in [3.8, 4) is 0 Å². The molecule has 1 heterocycles. The predicted octanol–water partition coefficient (Wildman–Crippen LogP) is 3.28. The third kappa shape index (κ3) is 3.28. The Morgan fingerprint density at radius 1 is 1.47 bits per heavy atom. The van der Waals surface area contributed by atoms with E-state index < -0.39 is 5.97 Å². The lowest BCUT2D eigenvalue weighted by Gasteiger charge is -2.18. The molecule has 1 fully saturated rings. The van der Waals surface area contributed by atoms with Crippen molar-refractivity contribution in [1.29, 1.82) is 0 Å². The first-order chi connectivity index (χ1) is 8.16. The van der Waals surface area contributed by atoms with Crippen molar-refractivity contribution in [2.45, 2.75) is 32.1 Å². The van der Waals surface area contributed by atoms with Crippen LogP contribution in [0.1, 0.15) is 31.4 Å². The fraction of sp³-hybridized carbons (Fsp3) is 0.538. The zero-order chi connectivity index (χ0) is 12.3. The molecule has 17 heavy (non-hydrogen) atoms. The van der Waals surface area contributed by atoms with E-state index in [-0.39, 0.29) is 5.92 Å². The summed E-state index contributed by atoms with van der Waals surface area (Å²) in [6.45, 7) is 0. The van der Waals surface area contributed by atoms with Crippen molar-refractivity contribution < 1.29 is 9.90 Å². The van der Waals surface area contributed by atoms with Crippen molar-refractivity contribution in [3.63, 3.8) is 0 Å². The third-order valence-electron chi connectivity index (χ3n) is 3.50. The lowest BCUT2D eigenvalue weighted by molar-refractivity contribution is -0.143. The van der Waals surface area contributed by atoms with E-state index in [4.69, 9.17) is 0 Å². The molecule has 1 aromatic rings. The molecule has 92 valence electrons. The summed E-state index contributed by atoms with van der Waals surface area (Å²) in [4.78, 5) is 15.6. The number of pyridine rings is 1. The molecule has 1 aromatic heterocycles. The van der Waals surface area contributed by atoms with Gasteiger partial charge in [0, 0.05) is 22.8 Å². The van der Waals surface area contributed by atoms with Crippen LogP contribution in [-0.2, 0) is 11.2 Å². The van der Waals surface area contributed by atoms with Crippen LogP contribution in [0.15, 0.2) is 22.8 Å². The molecule has 0 aliphatic heterocycles. The van der Waals surface area contributed by atoms with E-state index in [1.54, 1.807) is 6.20 Å². The average molecular weight is 298 g/mol. The molecule has 1 N–H and O–H groups in total. The first kappa shape index (κ1) is 12.6. The first-order valence-corrected chi connectivity index (χ1v) is 6.79. The molecule has 0 amide bonds. The van der Waals surface area contributed by atoms with Gasteiger partial charge in [0.1, 0.15) is 0 Å². The number of carboxylic acid groups (broad SMARTS) is 1. The highest BCUT2D eigenvalue weighted by atomic mass is 79.9. The Morgan fingerprint density at radius 3 is 2.71 bits per heavy atom. The summed E-state index contributed by atoms with van der Waals surface area (Å²) in [6, 6.07) is 3.81. The molecular formula is C13H16BrNO2. The molecule has 1 atom stereocenters. The summed E-state index contributed by atoms with van der Waals surface area (Å²) in [5.74, 6) is -0.620. The van der Waals surface area contributed by atoms with Crippen molar-refractivity contribution in [2.75, 3.05) is 0 Å². The average Bonchev–Trinajstić information content (AvgIpc) is 2.81. The van der Waals surface area contributed by atoms with Gasteiger partial charge in [-0.25, -0.2) is 0 Å². The van der Waals surface area contributed by atoms with Gasteiger partial charge in [0.05, 0.1) is 5.92 Å². The van der Waals surface area contributed by atoms with Gasteiger partial charge >= 0.3 is 5.97 Å². The molecule has 2 rings (SSSR count). The smallest absolute Gasteiger partial charge is 0.307 e. The number of carboxylic acids is 1. The van der Waals surface area contributed by atoms with E-state index in [1.165, 1.54) is 12.8 Å². The Labute approximate surface area is 109 Å². The van der Waals surface area contributed by atoms with Crippen LogP contribution in [0.4, 0.5) is 0 Å². The van der Waals surface area contributed by atoms with Gasteiger partial charge in [-0.2, -0.15) is 0 Å². The van der Waals surface area contributed by atoms with Crippen LogP contribution >= 0.6 is 15.9 Å². The zero-order valence-corrected chi connectivity index (χ0v) is 11.2. The number of halogens is 1. The van der Waals surface area contributed by atoms with Gasteiger partial charge in [0.2, 0.25) is 0 Å². The number of aliphatic carboxylic acids is 1. The van der Waals surface area contributed by atoms with E-state index in [1.807, 2.05) is 12.1 Å². The summed E-state index contributed by atoms with van der Waals surface area (Å²) in [5.41, 5.74) is 0.868. The highest BCUT2D eigenvalue weighted by molar-refractivity contribution is 9.10. The number of carbonyl (C=O) groups is 1. The molecule has 0 bridgehead atoms. The third-order valence-corrected chi connectivity index (χ3v) is 3.97. The van der Waals surface area contributed by atoms with Gasteiger partial charge in [-0.3, -0.25) is 9.78 Å². The quantitative estimate of drug-likeness (QED) is 0.928. The molecule has 4 heteroatoms. The number of rotatable bonds is 4. The Morgan fingerprint density at radius 2 is 2.18 bits per heavy atom. The van der Waals surface area contributed by atoms with Gasteiger partial charge in [-0.05, 0) is 46.8 Å². The zero-order valence-electron chi connectivity index (χ0n) is 9.60. The number of hydrogen-bond donors (Lipinski definition) is 1. The minimum absolute atomic E-state index is 0.272. The molecular weight excluding hydrogens is 282 g/mol. The molecule has 1 aliphatic carbocycles. The fourth-order valence-corrected chi connectivity index (χ4v) is 2.80. The standard InChI is InChI=1S/C13H16BrNO2/c14-10-5-6-11(15-8-10)7-12(13(16)17)9-3-1-2-4-9/h5-6,8-9,12H,1-4,7H2,(H,16,17). The maximum atomic E-state index is 11.3. The van der Waals surface area contributed by atoms with Gasteiger partial charge in [-0.1, -0.05) is 12.8 Å². The molecule has 0 aromatic carbocycles. The van der Waals surface area contributed by atoms with E-state index in [9.17, 15) is 9.90 Å². The van der Waals surface area contributed by atoms with Crippen LogP contribution in [0.5, 0.6) is 0 Å². The molecule has 3 nitrogen and oxygen atoms in total. The van der Waals surface area contributed by atoms with E-state index in [2.05, 4.69) is 20.9 Å². The highest BCUT2D eigenvalue weighted by Crippen LogP contribution is 2.33. The molecule has 0 spiro atoms. The van der Waals surface area contributed by atoms with Gasteiger partial charge in [0.15, 0.2) is 0 Å². The largest absolute Gasteiger partial charge is 0.481 e. The SMILES string of the molecule is O=C(O)C(Cc1ccc(Br)cn1)C1CCCC1. The normalized spacial score (nSPS) is 18.2. The Hall–Kier alpha value is -0.900. The number of hydrogen-bond acceptors (Lipinski definition) is 2. The maximum absolute atomic E-state index is 11.3. The summed E-state index contributed by atoms with van der Waals surface area (Å²) in [6.07, 6.45) is 6.71. The Balaban J connectivity index is 2.06. The van der Waals surface area contributed by atoms with E-state index in [0.29, 0.717) is 12.3 Å². The molecule has 0 saturated heterocycles. The van der Waals surface area contributed by atoms with Gasteiger partial charge in [-0.15, -0.1) is 0 Å². The molecule has 1 saturated carbocycles. The maximum Gasteiger partial charge on any atom is 0.307 e.